The Kier molecular flexibility index (Phi) is 49.9. The number of nitrogens with one attached hydrogen (secondary N) is 2. The number of carbonyl (C=O) groups excluding carboxylic acids is 10. The average Bonchev–Trinajstić information content (AvgIpc) is 1.92. The maximum Gasteiger partial charge on any atom is 1.00 e. The average molecular weight is 1630 g/mol. The summed E-state index contributed by atoms with van der Waals surface area (Å²) >= 11 is 36.9. The zero-order valence-corrected chi connectivity index (χ0v) is 61.7. The van der Waals surface area contributed by atoms with Crippen LogP contribution in [0.5, 0.6) is 0 Å². The van der Waals surface area contributed by atoms with Gasteiger partial charge in [-0.3, -0.25) is 47.9 Å². The van der Waals surface area contributed by atoms with Crippen LogP contribution in [0, 0.1) is 0 Å². The molecule has 3 radical (unpaired) electrons. The van der Waals surface area contributed by atoms with Crippen molar-refractivity contribution in [3.05, 3.63) is 114 Å². The molecule has 4 bridgehead atoms. The topological polar surface area (TPSA) is 221 Å². The second-order valence-corrected chi connectivity index (χ2v) is 27.8. The van der Waals surface area contributed by atoms with Gasteiger partial charge in [0.15, 0.2) is 36.5 Å². The quantitative estimate of drug-likeness (QED) is 0.0407. The van der Waals surface area contributed by atoms with Gasteiger partial charge in [0.1, 0.15) is 13.1 Å². The summed E-state index contributed by atoms with van der Waals surface area (Å²) in [6.07, 6.45) is 14.6. The molecule has 0 aliphatic carbocycles. The van der Waals surface area contributed by atoms with Gasteiger partial charge in [0.25, 0.3) is 35.4 Å². The van der Waals surface area contributed by atoms with Crippen LogP contribution in [0.25, 0.3) is 0 Å². The maximum absolute atomic E-state index is 12.3. The van der Waals surface area contributed by atoms with Gasteiger partial charge < -0.3 is 51.3 Å². The minimum atomic E-state index is -0.770. The predicted octanol–water partition coefficient (Wildman–Crippen LogP) is 1.55. The number of hydrogen-bond donors (Lipinski definition) is 4. The minimum absolute atomic E-state index is 0. The van der Waals surface area contributed by atoms with Crippen LogP contribution in [0.1, 0.15) is 1.43 Å². The van der Waals surface area contributed by atoms with Crippen LogP contribution < -0.4 is 40.2 Å². The van der Waals surface area contributed by atoms with E-state index in [1.54, 1.807) is 74.3 Å². The van der Waals surface area contributed by atoms with E-state index in [1.165, 1.54) is 58.9 Å². The molecule has 0 saturated carbocycles. The van der Waals surface area contributed by atoms with Gasteiger partial charge in [0.05, 0.1) is 13.1 Å². The molecule has 0 spiro atoms. The number of hydrogen-bond acceptors (Lipinski definition) is 15. The molecule has 8 fully saturated rings. The van der Waals surface area contributed by atoms with E-state index in [0.29, 0.717) is 45.1 Å². The number of fused-ring (bicyclic) bond motifs is 5. The van der Waals surface area contributed by atoms with Gasteiger partial charge in [0, 0.05) is 104 Å². The Hall–Kier alpha value is -1.55. The summed E-state index contributed by atoms with van der Waals surface area (Å²) in [5.41, 5.74) is 0. The number of thiol groups is 2. The van der Waals surface area contributed by atoms with Crippen molar-refractivity contribution in [1.82, 2.24) is 49.8 Å². The van der Waals surface area contributed by atoms with Crippen LogP contribution in [0.15, 0.2) is 114 Å². The molecular formula is C48H65BCl4I2N10NaO10S8. The Bertz CT molecular complexity index is 2330. The van der Waals surface area contributed by atoms with E-state index < -0.39 is 35.2 Å². The molecular weight excluding hydrogens is 1560 g/mol. The van der Waals surface area contributed by atoms with Crippen molar-refractivity contribution < 1.29 is 78.9 Å². The van der Waals surface area contributed by atoms with E-state index in [9.17, 15) is 47.9 Å². The van der Waals surface area contributed by atoms with Crippen molar-refractivity contribution >= 4 is 236 Å². The third-order valence-corrected chi connectivity index (χ3v) is 21.7. The standard InChI is InChI=1S/C10H12N2O2S4.C10H12N2O2S2.C10H14N2O2S2.C10H14N2O2.C4H6N2O2.C3H5Cl.CHCl3.B.I2.Na.H/c1-3-5-11-7(13)10-12(6-4-2)8(14)9(11)18(10)17-16-15;1-3-5-11-7(13)10-12(6-4-2)8(14)9(11)15-16-10;1-3-5-11-7(13)10(16)12(6-4-2)8(14)9(11)15;1-3-5-11-7-10(14)12(6-4-2)8-9(11)13;7-3-1-5-4(8)2-6-3;1-2-3-4;2-1(3)4;;1-2;;/h3-4,9-10H,1-2,5-6H2;3-4,9-10H,1-2,5-6H2;3-4,9-10,15-16H,1-2,5-6H2;3-4H,1-2,5-8H2;1-2H2,(H,5,8)(H,6,7);2H,1,3H2;1H;;;;/q;;;;;;;;;+1;-1. The third-order valence-electron chi connectivity index (χ3n) is 10.5. The fourth-order valence-electron chi connectivity index (χ4n) is 7.12. The smallest absolute Gasteiger partial charge is 1.00 e. The molecule has 8 aliphatic heterocycles. The van der Waals surface area contributed by atoms with Gasteiger partial charge in [-0.1, -0.05) is 121 Å². The van der Waals surface area contributed by atoms with E-state index in [0.717, 1.165) is 0 Å². The zero-order chi connectivity index (χ0) is 62.8. The Balaban J connectivity index is -0.000000465. The first-order chi connectivity index (χ1) is 39.0. The van der Waals surface area contributed by atoms with Crippen molar-refractivity contribution in [3.8, 4) is 0 Å². The number of halogens is 6. The maximum atomic E-state index is 12.3. The van der Waals surface area contributed by atoms with E-state index in [4.69, 9.17) is 57.6 Å². The van der Waals surface area contributed by atoms with Crippen molar-refractivity contribution in [2.24, 2.45) is 0 Å². The fraction of sp³-hybridized carbons (Fsp3) is 0.417. The van der Waals surface area contributed by atoms with Gasteiger partial charge in [-0.05, 0) is 28.9 Å². The van der Waals surface area contributed by atoms with Crippen LogP contribution in [-0.2, 0) is 86.3 Å². The Morgan fingerprint density at radius 2 is 0.821 bits per heavy atom. The normalized spacial score (nSPS) is 22.2. The predicted molar refractivity (Wildman–Crippen MR) is 374 cm³/mol. The van der Waals surface area contributed by atoms with Crippen molar-refractivity contribution in [3.63, 3.8) is 0 Å². The fourth-order valence-corrected chi connectivity index (χ4v) is 18.2. The second kappa shape index (κ2) is 48.3. The van der Waals surface area contributed by atoms with Gasteiger partial charge in [-0.15, -0.1) is 96.1 Å². The number of nitrogens with zero attached hydrogens (tertiary/aromatic N) is 8. The molecule has 8 heterocycles. The van der Waals surface area contributed by atoms with Crippen LogP contribution in [0.4, 0.5) is 0 Å². The molecule has 0 aromatic rings. The molecule has 10 amide bonds. The minimum Gasteiger partial charge on any atom is -1.00 e. The first-order valence-electron chi connectivity index (χ1n) is 23.4. The third kappa shape index (κ3) is 26.9. The summed E-state index contributed by atoms with van der Waals surface area (Å²) in [6.45, 7) is 35.6. The summed E-state index contributed by atoms with van der Waals surface area (Å²) < 4.78 is -0.750. The molecule has 8 rings (SSSR count). The van der Waals surface area contributed by atoms with Gasteiger partial charge in [-0.2, -0.15) is 0 Å². The Labute approximate surface area is 592 Å². The molecule has 0 aromatic heterocycles. The number of piperazine rings is 5. The molecule has 36 heteroatoms. The monoisotopic (exact) mass is 1620 g/mol. The first kappa shape index (κ1) is 86.7. The van der Waals surface area contributed by atoms with Gasteiger partial charge in [0.2, 0.25) is 23.6 Å². The Morgan fingerprint density at radius 1 is 0.548 bits per heavy atom. The molecule has 8 aliphatic rings. The molecule has 20 nitrogen and oxygen atoms in total. The first-order valence-corrected chi connectivity index (χ1v) is 39.8. The van der Waals surface area contributed by atoms with Crippen LogP contribution in [-0.4, -0.2) is 228 Å². The molecule has 461 valence electrons. The number of allylic oxidation sites excluding steroid dienone is 1. The van der Waals surface area contributed by atoms with Crippen LogP contribution in [0.3, 0.4) is 0 Å². The van der Waals surface area contributed by atoms with Crippen molar-refractivity contribution in [1.29, 1.82) is 0 Å². The van der Waals surface area contributed by atoms with Crippen LogP contribution in [0.2, 0.25) is 0 Å². The van der Waals surface area contributed by atoms with E-state index >= 15 is 0 Å². The summed E-state index contributed by atoms with van der Waals surface area (Å²) in [6, 6.07) is 0. The van der Waals surface area contributed by atoms with Gasteiger partial charge in [-0.25, -0.2) is 0 Å². The summed E-state index contributed by atoms with van der Waals surface area (Å²) in [5.74, 6) is -0.256. The van der Waals surface area contributed by atoms with E-state index in [1.807, 2.05) is 0 Å². The summed E-state index contributed by atoms with van der Waals surface area (Å²) in [5, 5.41) is 1.67. The largest absolute Gasteiger partial charge is 1.00 e. The zero-order valence-electron chi connectivity index (χ0n) is 46.6. The molecule has 2 N–H and O–H groups in total. The van der Waals surface area contributed by atoms with Crippen molar-refractivity contribution in [2.45, 2.75) is 36.5 Å². The Morgan fingerprint density at radius 3 is 1.07 bits per heavy atom. The molecule has 8 saturated heterocycles. The van der Waals surface area contributed by atoms with Gasteiger partial charge >= 0.3 is 29.6 Å². The summed E-state index contributed by atoms with van der Waals surface area (Å²) in [4.78, 5) is 128. The van der Waals surface area contributed by atoms with E-state index in [2.05, 4.69) is 132 Å². The number of amides is 10. The molecule has 6 atom stereocenters. The second-order valence-electron chi connectivity index (χ2n) is 15.9. The van der Waals surface area contributed by atoms with Crippen LogP contribution >= 0.6 is 130 Å². The molecule has 0 aromatic carbocycles. The number of carbonyl (C=O) groups is 10. The van der Waals surface area contributed by atoms with E-state index in [-0.39, 0.29) is 148 Å². The number of alkyl halides is 4. The molecule has 6 unspecified atom stereocenters. The molecule has 84 heavy (non-hydrogen) atoms. The van der Waals surface area contributed by atoms with Crippen molar-refractivity contribution in [2.75, 3.05) is 84.4 Å². The number of rotatable bonds is 17. The SMILES string of the molecule is C=CCCl.C=CCN1C(=O)C(S)N(CC=C)C(=O)C1S.C=CCN1C(=O)C2N(CC=C)C(=O)C1S2=S=S=S.C=CCN1C(=O)C2SSC1C(=O)N2CC=C.C=CCN1CC(=O)N(CC=C)CC1=O.ClC(Cl)Cl.II.O=C1CNC(=O)CN1.[B].[H-].[Na+]. The summed E-state index contributed by atoms with van der Waals surface area (Å²) in [7, 11) is 5.15.